The van der Waals surface area contributed by atoms with Gasteiger partial charge in [-0.3, -0.25) is 14.5 Å². The lowest BCUT2D eigenvalue weighted by Crippen LogP contribution is -2.38. The molecule has 1 aliphatic heterocycles. The van der Waals surface area contributed by atoms with Gasteiger partial charge in [-0.25, -0.2) is 0 Å². The van der Waals surface area contributed by atoms with E-state index >= 15 is 0 Å². The minimum Gasteiger partial charge on any atom is -0.469 e. The zero-order valence-corrected chi connectivity index (χ0v) is 19.1. The molecule has 0 fully saturated rings. The fourth-order valence-electron chi connectivity index (χ4n) is 4.97. The zero-order chi connectivity index (χ0) is 23.1. The molecule has 0 radical (unpaired) electrons. The van der Waals surface area contributed by atoms with E-state index in [1.165, 1.54) is 0 Å². The molecule has 168 valence electrons. The minimum absolute atomic E-state index is 0.0345. The van der Waals surface area contributed by atoms with Crippen LogP contribution < -0.4 is 10.2 Å². The number of hydrogen-bond donors (Lipinski definition) is 1. The first-order valence-electron chi connectivity index (χ1n) is 11.3. The molecule has 0 saturated carbocycles. The van der Waals surface area contributed by atoms with Crippen molar-refractivity contribution >= 4 is 34.4 Å². The van der Waals surface area contributed by atoms with Gasteiger partial charge in [0.2, 0.25) is 0 Å². The van der Waals surface area contributed by atoms with Crippen molar-refractivity contribution < 1.29 is 14.0 Å². The van der Waals surface area contributed by atoms with Crippen LogP contribution in [0.1, 0.15) is 45.8 Å². The van der Waals surface area contributed by atoms with E-state index in [0.29, 0.717) is 24.0 Å². The average molecular weight is 467 g/mol. The van der Waals surface area contributed by atoms with E-state index < -0.39 is 6.04 Å². The van der Waals surface area contributed by atoms with Crippen molar-refractivity contribution in [3.63, 3.8) is 0 Å². The second kappa shape index (κ2) is 8.47. The number of benzene rings is 2. The van der Waals surface area contributed by atoms with Gasteiger partial charge in [0.1, 0.15) is 11.8 Å². The Morgan fingerprint density at radius 2 is 1.76 bits per heavy atom. The second-order valence-corrected chi connectivity index (χ2v) is 9.52. The Labute approximate surface area is 201 Å². The second-order valence-electron chi connectivity index (χ2n) is 8.54. The number of thiophene rings is 1. The summed E-state index contributed by atoms with van der Waals surface area (Å²) in [4.78, 5) is 30.5. The van der Waals surface area contributed by atoms with E-state index in [2.05, 4.69) is 5.32 Å². The number of nitrogens with one attached hydrogen (secondary N) is 1. The number of rotatable bonds is 3. The van der Waals surface area contributed by atoms with Gasteiger partial charge >= 0.3 is 0 Å². The summed E-state index contributed by atoms with van der Waals surface area (Å²) >= 11 is 1.56. The van der Waals surface area contributed by atoms with Gasteiger partial charge in [-0.1, -0.05) is 36.4 Å². The largest absolute Gasteiger partial charge is 0.469 e. The fraction of sp³-hybridized carbons (Fsp3) is 0.143. The molecular formula is C28H22N2O3S. The van der Waals surface area contributed by atoms with E-state index in [-0.39, 0.29) is 17.6 Å². The quantitative estimate of drug-likeness (QED) is 0.372. The third-order valence-corrected chi connectivity index (χ3v) is 7.41. The smallest absolute Gasteiger partial charge is 0.259 e. The van der Waals surface area contributed by atoms with E-state index in [9.17, 15) is 9.59 Å². The fourth-order valence-corrected chi connectivity index (χ4v) is 5.80. The van der Waals surface area contributed by atoms with Crippen molar-refractivity contribution in [2.45, 2.75) is 24.8 Å². The summed E-state index contributed by atoms with van der Waals surface area (Å²) in [5.41, 5.74) is 3.66. The lowest BCUT2D eigenvalue weighted by Gasteiger charge is -2.34. The van der Waals surface area contributed by atoms with Gasteiger partial charge in [0, 0.05) is 34.0 Å². The molecule has 0 bridgehead atoms. The van der Waals surface area contributed by atoms with Crippen LogP contribution >= 0.6 is 11.3 Å². The SMILES string of the molecule is O=C1C[C@@H](c2ccco2)CC2=C1[C@@H](c1cccs1)N(C(=O)c1ccccc1)c1ccccc1N2. The molecule has 1 aliphatic carbocycles. The maximum Gasteiger partial charge on any atom is 0.259 e. The van der Waals surface area contributed by atoms with Gasteiger partial charge in [-0.05, 0) is 54.3 Å². The molecule has 0 spiro atoms. The molecule has 34 heavy (non-hydrogen) atoms. The molecule has 2 aliphatic rings. The van der Waals surface area contributed by atoms with Crippen LogP contribution in [0.2, 0.25) is 0 Å². The topological polar surface area (TPSA) is 62.6 Å². The number of Topliss-reactive ketones (excluding diaryl/α,β-unsaturated/α-hetero) is 1. The first kappa shape index (κ1) is 20.7. The van der Waals surface area contributed by atoms with Gasteiger partial charge in [0.15, 0.2) is 5.78 Å². The van der Waals surface area contributed by atoms with Gasteiger partial charge in [0.25, 0.3) is 5.91 Å². The third kappa shape index (κ3) is 3.47. The zero-order valence-electron chi connectivity index (χ0n) is 18.3. The van der Waals surface area contributed by atoms with Crippen LogP contribution in [0.5, 0.6) is 0 Å². The predicted molar refractivity (Wildman–Crippen MR) is 133 cm³/mol. The van der Waals surface area contributed by atoms with Crippen LogP contribution in [0.25, 0.3) is 0 Å². The van der Waals surface area contributed by atoms with E-state index in [1.54, 1.807) is 22.5 Å². The molecule has 4 aromatic rings. The van der Waals surface area contributed by atoms with E-state index in [1.807, 2.05) is 84.2 Å². The van der Waals surface area contributed by atoms with Crippen LogP contribution in [0.3, 0.4) is 0 Å². The molecule has 2 aromatic carbocycles. The highest BCUT2D eigenvalue weighted by Gasteiger charge is 2.42. The Balaban J connectivity index is 1.56. The number of amides is 1. The molecule has 1 N–H and O–H groups in total. The predicted octanol–water partition coefficient (Wildman–Crippen LogP) is 6.56. The van der Waals surface area contributed by atoms with Crippen molar-refractivity contribution in [2.24, 2.45) is 0 Å². The molecule has 0 unspecified atom stereocenters. The molecule has 2 aromatic heterocycles. The van der Waals surface area contributed by atoms with Gasteiger partial charge < -0.3 is 9.73 Å². The van der Waals surface area contributed by atoms with Crippen LogP contribution in [0.4, 0.5) is 11.4 Å². The number of ketones is 1. The van der Waals surface area contributed by atoms with Crippen molar-refractivity contribution in [3.05, 3.63) is 118 Å². The summed E-state index contributed by atoms with van der Waals surface area (Å²) in [7, 11) is 0. The summed E-state index contributed by atoms with van der Waals surface area (Å²) in [6.45, 7) is 0. The number of nitrogens with zero attached hydrogens (tertiary/aromatic N) is 1. The van der Waals surface area contributed by atoms with E-state index in [0.717, 1.165) is 27.7 Å². The Bertz CT molecular complexity index is 1370. The highest BCUT2D eigenvalue weighted by atomic mass is 32.1. The summed E-state index contributed by atoms with van der Waals surface area (Å²) in [5.74, 6) is 0.667. The Kier molecular flexibility index (Phi) is 5.15. The minimum atomic E-state index is -0.510. The van der Waals surface area contributed by atoms with Gasteiger partial charge in [-0.15, -0.1) is 11.3 Å². The molecule has 0 saturated heterocycles. The summed E-state index contributed by atoms with van der Waals surface area (Å²) < 4.78 is 5.65. The standard InChI is InChI=1S/C28H22N2O3S/c31-23-17-19(24-12-6-14-33-24)16-21-26(23)27(25-13-7-15-34-25)30(22-11-5-4-10-20(22)29-21)28(32)18-8-2-1-3-9-18/h1-15,19,27,29H,16-17H2/t19-,27+/m0/s1. The van der Waals surface area contributed by atoms with Crippen molar-refractivity contribution in [3.8, 4) is 0 Å². The number of carbonyl (C=O) groups excluding carboxylic acids is 2. The maximum atomic E-state index is 14.0. The first-order valence-corrected chi connectivity index (χ1v) is 12.2. The number of furan rings is 1. The normalized spacial score (nSPS) is 19.8. The van der Waals surface area contributed by atoms with Crippen molar-refractivity contribution in [2.75, 3.05) is 10.2 Å². The number of hydrogen-bond acceptors (Lipinski definition) is 5. The van der Waals surface area contributed by atoms with Crippen LogP contribution in [0.15, 0.2) is 106 Å². The molecule has 6 heteroatoms. The lowest BCUT2D eigenvalue weighted by molar-refractivity contribution is -0.116. The number of para-hydroxylation sites is 2. The number of anilines is 2. The van der Waals surface area contributed by atoms with Crippen molar-refractivity contribution in [1.82, 2.24) is 0 Å². The highest BCUT2D eigenvalue weighted by Crippen LogP contribution is 2.48. The number of carbonyl (C=O) groups is 2. The third-order valence-electron chi connectivity index (χ3n) is 6.49. The van der Waals surface area contributed by atoms with Crippen LogP contribution in [-0.4, -0.2) is 11.7 Å². The molecule has 3 heterocycles. The first-order chi connectivity index (χ1) is 16.7. The van der Waals surface area contributed by atoms with Crippen LogP contribution in [0, 0.1) is 0 Å². The van der Waals surface area contributed by atoms with Crippen molar-refractivity contribution in [1.29, 1.82) is 0 Å². The molecule has 5 nitrogen and oxygen atoms in total. The number of fused-ring (bicyclic) bond motifs is 1. The average Bonchev–Trinajstić information content (AvgIpc) is 3.57. The number of allylic oxidation sites excluding steroid dienone is 1. The van der Waals surface area contributed by atoms with Crippen LogP contribution in [-0.2, 0) is 4.79 Å². The summed E-state index contributed by atoms with van der Waals surface area (Å²) in [6, 6.07) is 24.3. The Hall–Kier alpha value is -3.90. The van der Waals surface area contributed by atoms with Gasteiger partial charge in [0.05, 0.1) is 17.6 Å². The monoisotopic (exact) mass is 466 g/mol. The summed E-state index contributed by atoms with van der Waals surface area (Å²) in [6.07, 6.45) is 2.63. The lowest BCUT2D eigenvalue weighted by atomic mass is 9.81. The molecule has 6 rings (SSSR count). The highest BCUT2D eigenvalue weighted by molar-refractivity contribution is 7.10. The van der Waals surface area contributed by atoms with E-state index in [4.69, 9.17) is 4.42 Å². The molecule has 2 atom stereocenters. The Morgan fingerprint density at radius 3 is 2.53 bits per heavy atom. The Morgan fingerprint density at radius 1 is 0.941 bits per heavy atom. The molecule has 1 amide bonds. The van der Waals surface area contributed by atoms with Gasteiger partial charge in [-0.2, -0.15) is 0 Å². The maximum absolute atomic E-state index is 14.0. The molecular weight excluding hydrogens is 444 g/mol. The summed E-state index contributed by atoms with van der Waals surface area (Å²) in [5, 5.41) is 5.53.